The van der Waals surface area contributed by atoms with E-state index in [1.807, 2.05) is 0 Å². The molecule has 0 radical (unpaired) electrons. The van der Waals surface area contributed by atoms with Crippen LogP contribution in [0.25, 0.3) is 0 Å². The number of hydrogen-bond acceptors (Lipinski definition) is 6. The maximum Gasteiger partial charge on any atom is 0.368 e. The first-order valence-corrected chi connectivity index (χ1v) is 7.91. The summed E-state index contributed by atoms with van der Waals surface area (Å²) in [6.45, 7) is 0.757. The molecule has 7 nitrogen and oxygen atoms in total. The predicted molar refractivity (Wildman–Crippen MR) is 91.3 cm³/mol. The molecule has 7 heteroatoms. The van der Waals surface area contributed by atoms with Gasteiger partial charge in [-0.15, -0.1) is 0 Å². The molecule has 130 valence electrons. The number of amides is 1. The molecule has 1 aliphatic rings. The van der Waals surface area contributed by atoms with Gasteiger partial charge in [0.2, 0.25) is 0 Å². The van der Waals surface area contributed by atoms with E-state index in [1.54, 1.807) is 18.2 Å². The number of nitrogens with one attached hydrogen (secondary N) is 1. The van der Waals surface area contributed by atoms with Crippen LogP contribution in [0, 0.1) is 0 Å². The van der Waals surface area contributed by atoms with E-state index in [9.17, 15) is 19.8 Å². The Morgan fingerprint density at radius 2 is 1.84 bits per heavy atom. The SMILES string of the molecule is O=C(C[N+]1(c2ccccc2O)CCNCC1=O)Oc1ccc(O)cc1. The molecule has 1 saturated heterocycles. The summed E-state index contributed by atoms with van der Waals surface area (Å²) >= 11 is 0. The van der Waals surface area contributed by atoms with Crippen LogP contribution in [0.5, 0.6) is 17.2 Å². The third-order valence-electron chi connectivity index (χ3n) is 4.23. The fourth-order valence-corrected chi connectivity index (χ4v) is 2.97. The summed E-state index contributed by atoms with van der Waals surface area (Å²) in [6.07, 6.45) is 0. The average molecular weight is 343 g/mol. The molecule has 0 aromatic heterocycles. The number of benzene rings is 2. The van der Waals surface area contributed by atoms with Crippen molar-refractivity contribution in [1.82, 2.24) is 9.80 Å². The molecule has 1 atom stereocenters. The summed E-state index contributed by atoms with van der Waals surface area (Å²) in [7, 11) is 0. The lowest BCUT2D eigenvalue weighted by Crippen LogP contribution is -2.65. The number of esters is 1. The zero-order valence-corrected chi connectivity index (χ0v) is 13.5. The normalized spacial score (nSPS) is 20.2. The molecule has 2 aromatic carbocycles. The molecule has 0 saturated carbocycles. The lowest BCUT2D eigenvalue weighted by Gasteiger charge is -2.37. The van der Waals surface area contributed by atoms with Crippen molar-refractivity contribution < 1.29 is 24.5 Å². The Morgan fingerprint density at radius 1 is 1.12 bits per heavy atom. The Hall–Kier alpha value is -2.90. The topological polar surface area (TPSA) is 95.9 Å². The lowest BCUT2D eigenvalue weighted by atomic mass is 10.1. The number of ether oxygens (including phenoxy) is 1. The van der Waals surface area contributed by atoms with Crippen LogP contribution in [-0.2, 0) is 9.59 Å². The van der Waals surface area contributed by atoms with Crippen LogP contribution in [0.4, 0.5) is 5.69 Å². The number of para-hydroxylation sites is 2. The van der Waals surface area contributed by atoms with Crippen molar-refractivity contribution in [3.8, 4) is 17.2 Å². The average Bonchev–Trinajstić information content (AvgIpc) is 2.59. The van der Waals surface area contributed by atoms with Gasteiger partial charge in [-0.25, -0.2) is 14.1 Å². The zero-order valence-electron chi connectivity index (χ0n) is 13.5. The summed E-state index contributed by atoms with van der Waals surface area (Å²) in [5.41, 5.74) is 0.386. The largest absolute Gasteiger partial charge is 0.508 e. The molecule has 1 heterocycles. The second-order valence-corrected chi connectivity index (χ2v) is 5.88. The molecule has 0 spiro atoms. The maximum atomic E-state index is 12.7. The molecular formula is C18H19N2O5+. The summed E-state index contributed by atoms with van der Waals surface area (Å²) < 4.78 is 4.99. The van der Waals surface area contributed by atoms with E-state index < -0.39 is 5.97 Å². The predicted octanol–water partition coefficient (Wildman–Crippen LogP) is 1.14. The van der Waals surface area contributed by atoms with Crippen molar-refractivity contribution in [2.75, 3.05) is 26.2 Å². The Morgan fingerprint density at radius 3 is 2.52 bits per heavy atom. The van der Waals surface area contributed by atoms with Crippen LogP contribution in [0.2, 0.25) is 0 Å². The van der Waals surface area contributed by atoms with Gasteiger partial charge in [0.1, 0.15) is 24.6 Å². The van der Waals surface area contributed by atoms with Gasteiger partial charge in [0.05, 0.1) is 0 Å². The van der Waals surface area contributed by atoms with Crippen molar-refractivity contribution in [2.45, 2.75) is 0 Å². The molecule has 3 rings (SSSR count). The van der Waals surface area contributed by atoms with Crippen molar-refractivity contribution in [2.24, 2.45) is 0 Å². The Balaban J connectivity index is 1.88. The Bertz CT molecular complexity index is 790. The Kier molecular flexibility index (Phi) is 4.69. The van der Waals surface area contributed by atoms with E-state index in [2.05, 4.69) is 5.32 Å². The van der Waals surface area contributed by atoms with Gasteiger partial charge in [-0.2, -0.15) is 0 Å². The first-order chi connectivity index (χ1) is 12.0. The van der Waals surface area contributed by atoms with E-state index >= 15 is 0 Å². The molecule has 25 heavy (non-hydrogen) atoms. The van der Waals surface area contributed by atoms with Gasteiger partial charge in [0, 0.05) is 12.6 Å². The molecule has 1 fully saturated rings. The van der Waals surface area contributed by atoms with Crippen molar-refractivity contribution >= 4 is 17.6 Å². The fraction of sp³-hybridized carbons (Fsp3) is 0.222. The van der Waals surface area contributed by atoms with Gasteiger partial charge in [0.15, 0.2) is 18.0 Å². The third-order valence-corrected chi connectivity index (χ3v) is 4.23. The fourth-order valence-electron chi connectivity index (χ4n) is 2.97. The molecule has 1 aliphatic heterocycles. The number of hydrogen-bond donors (Lipinski definition) is 3. The first-order valence-electron chi connectivity index (χ1n) is 7.91. The standard InChI is InChI=1S/C18H18N2O5/c21-13-5-7-14(8-6-13)25-18(24)12-20(10-9-19-11-17(20)23)15-3-1-2-4-16(15)22/h1-8,19H,9-12H2,(H-,21,22)/p+1. The minimum absolute atomic E-state index is 0.0322. The van der Waals surface area contributed by atoms with Gasteiger partial charge in [0.25, 0.3) is 0 Å². The van der Waals surface area contributed by atoms with Gasteiger partial charge in [-0.3, -0.25) is 5.32 Å². The number of aromatic hydroxyl groups is 2. The van der Waals surface area contributed by atoms with Gasteiger partial charge in [-0.05, 0) is 30.3 Å². The van der Waals surface area contributed by atoms with Gasteiger partial charge < -0.3 is 14.9 Å². The lowest BCUT2D eigenvalue weighted by molar-refractivity contribution is -0.142. The summed E-state index contributed by atoms with van der Waals surface area (Å²) in [5.74, 6) is -0.495. The summed E-state index contributed by atoms with van der Waals surface area (Å²) in [4.78, 5) is 25.1. The quantitative estimate of drug-likeness (QED) is 0.438. The van der Waals surface area contributed by atoms with E-state index in [1.165, 1.54) is 30.3 Å². The molecule has 0 aliphatic carbocycles. The highest BCUT2D eigenvalue weighted by Gasteiger charge is 2.45. The molecule has 1 unspecified atom stereocenters. The summed E-state index contributed by atoms with van der Waals surface area (Å²) in [5, 5.41) is 22.5. The van der Waals surface area contributed by atoms with E-state index in [4.69, 9.17) is 4.74 Å². The zero-order chi connectivity index (χ0) is 17.9. The van der Waals surface area contributed by atoms with Crippen LogP contribution in [0.1, 0.15) is 0 Å². The highest BCUT2D eigenvalue weighted by Crippen LogP contribution is 2.33. The summed E-state index contributed by atoms with van der Waals surface area (Å²) in [6, 6.07) is 12.3. The smallest absolute Gasteiger partial charge is 0.368 e. The Labute approximate surface area is 144 Å². The van der Waals surface area contributed by atoms with Crippen LogP contribution in [-0.4, -0.2) is 48.3 Å². The second-order valence-electron chi connectivity index (χ2n) is 5.88. The van der Waals surface area contributed by atoms with Crippen molar-refractivity contribution in [3.05, 3.63) is 48.5 Å². The van der Waals surface area contributed by atoms with E-state index in [-0.39, 0.29) is 40.7 Å². The number of carbonyl (C=O) groups excluding carboxylic acids is 2. The van der Waals surface area contributed by atoms with Gasteiger partial charge in [-0.1, -0.05) is 12.1 Å². The molecular weight excluding hydrogens is 324 g/mol. The molecule has 2 aromatic rings. The first kappa shape index (κ1) is 16.9. The highest BCUT2D eigenvalue weighted by atomic mass is 16.5. The van der Waals surface area contributed by atoms with Crippen molar-refractivity contribution in [1.29, 1.82) is 0 Å². The van der Waals surface area contributed by atoms with E-state index in [0.717, 1.165) is 0 Å². The van der Waals surface area contributed by atoms with Crippen LogP contribution in [0.3, 0.4) is 0 Å². The van der Waals surface area contributed by atoms with Crippen LogP contribution < -0.4 is 14.5 Å². The van der Waals surface area contributed by atoms with Gasteiger partial charge >= 0.3 is 11.9 Å². The van der Waals surface area contributed by atoms with Crippen LogP contribution in [0.15, 0.2) is 48.5 Å². The van der Waals surface area contributed by atoms with Crippen LogP contribution >= 0.6 is 0 Å². The number of phenols is 2. The molecule has 0 bridgehead atoms. The van der Waals surface area contributed by atoms with E-state index in [0.29, 0.717) is 18.8 Å². The minimum Gasteiger partial charge on any atom is -0.508 e. The second kappa shape index (κ2) is 6.92. The monoisotopic (exact) mass is 343 g/mol. The highest BCUT2D eigenvalue weighted by molar-refractivity contribution is 5.96. The maximum absolute atomic E-state index is 12.7. The number of rotatable bonds is 4. The number of carbonyl (C=O) groups is 2. The number of phenolic OH excluding ortho intramolecular Hbond substituents is 2. The number of nitrogens with zero attached hydrogens (tertiary/aromatic N) is 1. The number of quaternary nitrogens is 1. The number of piperazine rings is 1. The molecule has 1 amide bonds. The minimum atomic E-state index is -0.593. The third kappa shape index (κ3) is 3.47. The van der Waals surface area contributed by atoms with Crippen molar-refractivity contribution in [3.63, 3.8) is 0 Å². The molecule has 3 N–H and O–H groups in total.